The third-order valence-electron chi connectivity index (χ3n) is 4.47. The van der Waals surface area contributed by atoms with Crippen molar-refractivity contribution < 1.29 is 14.7 Å². The molecule has 2 rings (SSSR count). The zero-order chi connectivity index (χ0) is 14.5. The van der Waals surface area contributed by atoms with Crippen LogP contribution in [0.15, 0.2) is 0 Å². The van der Waals surface area contributed by atoms with Gasteiger partial charge in [-0.1, -0.05) is 12.8 Å². The van der Waals surface area contributed by atoms with Crippen LogP contribution in [0.1, 0.15) is 32.6 Å². The fraction of sp³-hybridized carbons (Fsp3) is 0.857. The highest BCUT2D eigenvalue weighted by Gasteiger charge is 2.27. The first kappa shape index (κ1) is 15.3. The molecule has 1 heterocycles. The zero-order valence-corrected chi connectivity index (χ0v) is 12.2. The molecule has 1 aliphatic heterocycles. The van der Waals surface area contributed by atoms with Crippen LogP contribution in [0.5, 0.6) is 0 Å². The maximum Gasteiger partial charge on any atom is 0.320 e. The Morgan fingerprint density at radius 2 is 1.80 bits per heavy atom. The van der Waals surface area contributed by atoms with Crippen LogP contribution in [0, 0.1) is 0 Å². The predicted octanol–water partition coefficient (Wildman–Crippen LogP) is 0.136. The summed E-state index contributed by atoms with van der Waals surface area (Å²) in [6.45, 7) is 4.65. The molecule has 6 heteroatoms. The molecule has 1 atom stereocenters. The Balaban J connectivity index is 1.69. The number of aliphatic carboxylic acids is 1. The Labute approximate surface area is 120 Å². The molecule has 1 saturated carbocycles. The summed E-state index contributed by atoms with van der Waals surface area (Å²) < 4.78 is 0. The van der Waals surface area contributed by atoms with Gasteiger partial charge in [-0.3, -0.25) is 14.5 Å². The Kier molecular flexibility index (Phi) is 5.37. The first-order chi connectivity index (χ1) is 9.58. The van der Waals surface area contributed by atoms with E-state index in [-0.39, 0.29) is 5.91 Å². The van der Waals surface area contributed by atoms with E-state index in [2.05, 4.69) is 5.32 Å². The van der Waals surface area contributed by atoms with Gasteiger partial charge in [-0.25, -0.2) is 0 Å². The molecule has 2 aliphatic rings. The van der Waals surface area contributed by atoms with Gasteiger partial charge in [-0.2, -0.15) is 0 Å². The van der Waals surface area contributed by atoms with Gasteiger partial charge in [-0.05, 0) is 19.8 Å². The van der Waals surface area contributed by atoms with Crippen molar-refractivity contribution in [3.05, 3.63) is 0 Å². The number of piperazine rings is 1. The quantitative estimate of drug-likeness (QED) is 0.750. The molecule has 1 amide bonds. The van der Waals surface area contributed by atoms with Gasteiger partial charge in [0.1, 0.15) is 6.04 Å². The normalized spacial score (nSPS) is 22.9. The van der Waals surface area contributed by atoms with E-state index in [0.717, 1.165) is 0 Å². The predicted molar refractivity (Wildman–Crippen MR) is 75.5 cm³/mol. The molecule has 6 nitrogen and oxygen atoms in total. The molecule has 2 fully saturated rings. The molecule has 0 radical (unpaired) electrons. The number of rotatable bonds is 5. The molecule has 0 aromatic carbocycles. The van der Waals surface area contributed by atoms with Crippen molar-refractivity contribution in [3.8, 4) is 0 Å². The number of carbonyl (C=O) groups is 2. The topological polar surface area (TPSA) is 72.9 Å². The Morgan fingerprint density at radius 3 is 2.35 bits per heavy atom. The van der Waals surface area contributed by atoms with Gasteiger partial charge in [-0.15, -0.1) is 0 Å². The van der Waals surface area contributed by atoms with Crippen LogP contribution in [-0.4, -0.2) is 71.6 Å². The van der Waals surface area contributed by atoms with Crippen molar-refractivity contribution in [3.63, 3.8) is 0 Å². The summed E-state index contributed by atoms with van der Waals surface area (Å²) in [5.41, 5.74) is 0. The van der Waals surface area contributed by atoms with E-state index in [4.69, 9.17) is 5.11 Å². The SMILES string of the molecule is CC(C(=O)O)N1CCN(C(=O)CNC2CCCC2)CC1. The summed E-state index contributed by atoms with van der Waals surface area (Å²) in [6.07, 6.45) is 4.88. The number of amides is 1. The Bertz CT molecular complexity index is 348. The minimum Gasteiger partial charge on any atom is -0.480 e. The number of hydrogen-bond acceptors (Lipinski definition) is 4. The van der Waals surface area contributed by atoms with Gasteiger partial charge in [0, 0.05) is 32.2 Å². The molecule has 20 heavy (non-hydrogen) atoms. The third kappa shape index (κ3) is 3.93. The number of hydrogen-bond donors (Lipinski definition) is 2. The molecular weight excluding hydrogens is 258 g/mol. The maximum absolute atomic E-state index is 12.1. The number of nitrogens with zero attached hydrogens (tertiary/aromatic N) is 2. The monoisotopic (exact) mass is 283 g/mol. The summed E-state index contributed by atoms with van der Waals surface area (Å²) in [5.74, 6) is -0.660. The van der Waals surface area contributed by atoms with Crippen LogP contribution < -0.4 is 5.32 Å². The van der Waals surface area contributed by atoms with E-state index in [1.54, 1.807) is 6.92 Å². The molecule has 1 aliphatic carbocycles. The number of carboxylic acids is 1. The molecule has 0 aromatic heterocycles. The lowest BCUT2D eigenvalue weighted by Gasteiger charge is -2.36. The molecular formula is C14H25N3O3. The van der Waals surface area contributed by atoms with Gasteiger partial charge in [0.15, 0.2) is 0 Å². The van der Waals surface area contributed by atoms with E-state index < -0.39 is 12.0 Å². The van der Waals surface area contributed by atoms with Crippen LogP contribution in [0.25, 0.3) is 0 Å². The lowest BCUT2D eigenvalue weighted by Crippen LogP contribution is -2.54. The molecule has 0 bridgehead atoms. The molecule has 114 valence electrons. The van der Waals surface area contributed by atoms with E-state index in [0.29, 0.717) is 38.8 Å². The van der Waals surface area contributed by atoms with Gasteiger partial charge in [0.05, 0.1) is 6.54 Å². The fourth-order valence-electron chi connectivity index (χ4n) is 2.99. The van der Waals surface area contributed by atoms with Crippen LogP contribution in [-0.2, 0) is 9.59 Å². The van der Waals surface area contributed by atoms with Crippen molar-refractivity contribution in [1.82, 2.24) is 15.1 Å². The Hall–Kier alpha value is -1.14. The number of nitrogens with one attached hydrogen (secondary N) is 1. The van der Waals surface area contributed by atoms with Crippen LogP contribution in [0.2, 0.25) is 0 Å². The number of carboxylic acid groups (broad SMARTS) is 1. The van der Waals surface area contributed by atoms with Gasteiger partial charge >= 0.3 is 5.97 Å². The van der Waals surface area contributed by atoms with Gasteiger partial charge < -0.3 is 15.3 Å². The van der Waals surface area contributed by atoms with Gasteiger partial charge in [0.2, 0.25) is 5.91 Å². The molecule has 0 aromatic rings. The second kappa shape index (κ2) is 7.04. The molecule has 1 unspecified atom stereocenters. The summed E-state index contributed by atoms with van der Waals surface area (Å²) in [7, 11) is 0. The molecule has 2 N–H and O–H groups in total. The summed E-state index contributed by atoms with van der Waals surface area (Å²) in [6, 6.07) is 0.0381. The van der Waals surface area contributed by atoms with Crippen LogP contribution in [0.4, 0.5) is 0 Å². The lowest BCUT2D eigenvalue weighted by molar-refractivity contribution is -0.144. The van der Waals surface area contributed by atoms with E-state index in [1.165, 1.54) is 25.7 Å². The molecule has 0 spiro atoms. The van der Waals surface area contributed by atoms with E-state index in [1.807, 2.05) is 9.80 Å². The van der Waals surface area contributed by atoms with Crippen molar-refractivity contribution in [2.24, 2.45) is 0 Å². The third-order valence-corrected chi connectivity index (χ3v) is 4.47. The smallest absolute Gasteiger partial charge is 0.320 e. The second-order valence-corrected chi connectivity index (χ2v) is 5.79. The summed E-state index contributed by atoms with van der Waals surface area (Å²) >= 11 is 0. The van der Waals surface area contributed by atoms with Gasteiger partial charge in [0.25, 0.3) is 0 Å². The van der Waals surface area contributed by atoms with Crippen LogP contribution in [0.3, 0.4) is 0 Å². The lowest BCUT2D eigenvalue weighted by atomic mass is 10.2. The highest BCUT2D eigenvalue weighted by molar-refractivity contribution is 5.78. The van der Waals surface area contributed by atoms with Crippen molar-refractivity contribution in [2.75, 3.05) is 32.7 Å². The average molecular weight is 283 g/mol. The highest BCUT2D eigenvalue weighted by Crippen LogP contribution is 2.17. The van der Waals surface area contributed by atoms with Crippen molar-refractivity contribution >= 4 is 11.9 Å². The summed E-state index contributed by atoms with van der Waals surface area (Å²) in [4.78, 5) is 26.8. The average Bonchev–Trinajstić information content (AvgIpc) is 2.97. The van der Waals surface area contributed by atoms with Crippen molar-refractivity contribution in [2.45, 2.75) is 44.7 Å². The largest absolute Gasteiger partial charge is 0.480 e. The minimum absolute atomic E-state index is 0.138. The van der Waals surface area contributed by atoms with Crippen molar-refractivity contribution in [1.29, 1.82) is 0 Å². The second-order valence-electron chi connectivity index (χ2n) is 5.79. The standard InChI is InChI=1S/C14H25N3O3/c1-11(14(19)20)16-6-8-17(9-7-16)13(18)10-15-12-4-2-3-5-12/h11-12,15H,2-10H2,1H3,(H,19,20). The van der Waals surface area contributed by atoms with E-state index >= 15 is 0 Å². The number of carbonyl (C=O) groups excluding carboxylic acids is 1. The first-order valence-electron chi connectivity index (χ1n) is 7.56. The zero-order valence-electron chi connectivity index (χ0n) is 12.2. The summed E-state index contributed by atoms with van der Waals surface area (Å²) in [5, 5.41) is 12.3. The first-order valence-corrected chi connectivity index (χ1v) is 7.56. The Morgan fingerprint density at radius 1 is 1.20 bits per heavy atom. The highest BCUT2D eigenvalue weighted by atomic mass is 16.4. The van der Waals surface area contributed by atoms with Crippen LogP contribution >= 0.6 is 0 Å². The molecule has 1 saturated heterocycles. The fourth-order valence-corrected chi connectivity index (χ4v) is 2.99. The maximum atomic E-state index is 12.1. The van der Waals surface area contributed by atoms with E-state index in [9.17, 15) is 9.59 Å². The minimum atomic E-state index is -0.798.